The third-order valence-electron chi connectivity index (χ3n) is 3.89. The maximum atomic E-state index is 12.5. The van der Waals surface area contributed by atoms with Crippen molar-refractivity contribution in [3.8, 4) is 6.07 Å². The van der Waals surface area contributed by atoms with Crippen molar-refractivity contribution in [2.45, 2.75) is 19.0 Å². The number of amides is 1. The van der Waals surface area contributed by atoms with Crippen molar-refractivity contribution < 1.29 is 9.18 Å². The summed E-state index contributed by atoms with van der Waals surface area (Å²) < 4.78 is 13.5. The van der Waals surface area contributed by atoms with Gasteiger partial charge in [0, 0.05) is 17.8 Å². The highest BCUT2D eigenvalue weighted by Crippen LogP contribution is 2.21. The molecule has 7 heteroatoms. The van der Waals surface area contributed by atoms with Crippen LogP contribution in [0.3, 0.4) is 0 Å². The SMILES string of the molecule is Fc1ccc2ccsc2c1.N#Cc1cc(CN2CC[C@H](N)C2=O)cs1. The molecule has 4 nitrogen and oxygen atoms in total. The van der Waals surface area contributed by atoms with Crippen molar-refractivity contribution in [3.05, 3.63) is 57.3 Å². The summed E-state index contributed by atoms with van der Waals surface area (Å²) in [6, 6.07) is 10.4. The number of halogens is 1. The van der Waals surface area contributed by atoms with E-state index in [1.807, 2.05) is 22.9 Å². The number of benzene rings is 1. The molecule has 0 bridgehead atoms. The van der Waals surface area contributed by atoms with Gasteiger partial charge in [0.25, 0.3) is 0 Å². The first-order chi connectivity index (χ1) is 12.1. The van der Waals surface area contributed by atoms with Gasteiger partial charge in [-0.15, -0.1) is 22.7 Å². The molecule has 1 saturated heterocycles. The van der Waals surface area contributed by atoms with Gasteiger partial charge in [-0.1, -0.05) is 6.07 Å². The topological polar surface area (TPSA) is 70.1 Å². The Labute approximate surface area is 152 Å². The van der Waals surface area contributed by atoms with E-state index in [2.05, 4.69) is 6.07 Å². The Hall–Kier alpha value is -2.27. The fraction of sp³-hybridized carbons (Fsp3) is 0.222. The Bertz CT molecular complexity index is 928. The zero-order valence-electron chi connectivity index (χ0n) is 13.3. The molecule has 128 valence electrons. The van der Waals surface area contributed by atoms with Crippen LogP contribution in [0, 0.1) is 17.1 Å². The van der Waals surface area contributed by atoms with Crippen molar-refractivity contribution in [2.75, 3.05) is 6.54 Å². The summed E-state index contributed by atoms with van der Waals surface area (Å²) in [5.74, 6) is -0.144. The molecular formula is C18H16FN3OS2. The highest BCUT2D eigenvalue weighted by atomic mass is 32.1. The van der Waals surface area contributed by atoms with E-state index in [0.29, 0.717) is 11.4 Å². The van der Waals surface area contributed by atoms with Crippen molar-refractivity contribution >= 4 is 38.7 Å². The fourth-order valence-corrected chi connectivity index (χ4v) is 4.09. The van der Waals surface area contributed by atoms with Crippen LogP contribution in [-0.4, -0.2) is 23.4 Å². The maximum absolute atomic E-state index is 12.5. The molecule has 1 aliphatic rings. The van der Waals surface area contributed by atoms with Crippen LogP contribution >= 0.6 is 22.7 Å². The van der Waals surface area contributed by atoms with E-state index >= 15 is 0 Å². The van der Waals surface area contributed by atoms with E-state index in [1.54, 1.807) is 28.4 Å². The standard InChI is InChI=1S/C10H11N3OS.C8H5FS/c11-4-8-3-7(6-15-8)5-13-2-1-9(12)10(13)14;9-7-2-1-6-3-4-10-8(6)5-7/h3,6,9H,1-2,5,12H2;1-5H/t9-;/m0./s1. The number of nitrogens with zero attached hydrogens (tertiary/aromatic N) is 2. The predicted molar refractivity (Wildman–Crippen MR) is 98.8 cm³/mol. The zero-order chi connectivity index (χ0) is 17.8. The predicted octanol–water partition coefficient (Wildman–Crippen LogP) is 3.72. The zero-order valence-corrected chi connectivity index (χ0v) is 14.9. The number of thiophene rings is 2. The summed E-state index contributed by atoms with van der Waals surface area (Å²) in [5, 5.41) is 13.7. The van der Waals surface area contributed by atoms with Gasteiger partial charge in [-0.25, -0.2) is 4.39 Å². The number of carbonyl (C=O) groups is 1. The maximum Gasteiger partial charge on any atom is 0.239 e. The van der Waals surface area contributed by atoms with Crippen LogP contribution in [0.15, 0.2) is 41.1 Å². The number of hydrogen-bond donors (Lipinski definition) is 1. The summed E-state index contributed by atoms with van der Waals surface area (Å²) in [6.07, 6.45) is 0.730. The first-order valence-electron chi connectivity index (χ1n) is 7.71. The van der Waals surface area contributed by atoms with Crippen molar-refractivity contribution in [2.24, 2.45) is 5.73 Å². The van der Waals surface area contributed by atoms with Crippen molar-refractivity contribution in [3.63, 3.8) is 0 Å². The molecule has 1 aliphatic heterocycles. The Balaban J connectivity index is 0.000000157. The molecule has 0 spiro atoms. The molecule has 4 rings (SSSR count). The summed E-state index contributed by atoms with van der Waals surface area (Å²) in [4.78, 5) is 14.0. The second-order valence-corrected chi connectivity index (χ2v) is 7.55. The minimum Gasteiger partial charge on any atom is -0.337 e. The molecule has 1 atom stereocenters. The Morgan fingerprint density at radius 1 is 1.32 bits per heavy atom. The van der Waals surface area contributed by atoms with E-state index in [1.165, 1.54) is 17.4 Å². The molecule has 0 unspecified atom stereocenters. The van der Waals surface area contributed by atoms with E-state index in [4.69, 9.17) is 11.0 Å². The number of hydrogen-bond acceptors (Lipinski definition) is 5. The molecule has 2 N–H and O–H groups in total. The minimum absolute atomic E-state index is 0.0136. The Morgan fingerprint density at radius 3 is 2.84 bits per heavy atom. The number of likely N-dealkylation sites (tertiary alicyclic amines) is 1. The molecular weight excluding hydrogens is 357 g/mol. The van der Waals surface area contributed by atoms with E-state index in [-0.39, 0.29) is 17.8 Å². The lowest BCUT2D eigenvalue weighted by molar-refractivity contribution is -0.129. The molecule has 0 saturated carbocycles. The summed E-state index contributed by atoms with van der Waals surface area (Å²) >= 11 is 2.97. The van der Waals surface area contributed by atoms with Crippen LogP contribution < -0.4 is 5.73 Å². The summed E-state index contributed by atoms with van der Waals surface area (Å²) in [7, 11) is 0. The normalized spacial score (nSPS) is 16.6. The van der Waals surface area contributed by atoms with Crippen LogP contribution in [0.4, 0.5) is 4.39 Å². The molecule has 0 radical (unpaired) electrons. The van der Waals surface area contributed by atoms with Gasteiger partial charge in [-0.2, -0.15) is 5.26 Å². The number of fused-ring (bicyclic) bond motifs is 1. The number of nitrogens with two attached hydrogens (primary N) is 1. The van der Waals surface area contributed by atoms with Gasteiger partial charge >= 0.3 is 0 Å². The van der Waals surface area contributed by atoms with Crippen molar-refractivity contribution in [1.82, 2.24) is 4.90 Å². The second-order valence-electron chi connectivity index (χ2n) is 5.69. The van der Waals surface area contributed by atoms with E-state index in [9.17, 15) is 9.18 Å². The molecule has 3 heterocycles. The van der Waals surface area contributed by atoms with Gasteiger partial charge in [0.05, 0.1) is 6.04 Å². The average Bonchev–Trinajstić information content (AvgIpc) is 3.32. The lowest BCUT2D eigenvalue weighted by Crippen LogP contribution is -2.33. The minimum atomic E-state index is -0.334. The van der Waals surface area contributed by atoms with Crippen molar-refractivity contribution in [1.29, 1.82) is 5.26 Å². The number of carbonyl (C=O) groups excluding carboxylic acids is 1. The van der Waals surface area contributed by atoms with E-state index < -0.39 is 0 Å². The lowest BCUT2D eigenvalue weighted by atomic mass is 10.3. The van der Waals surface area contributed by atoms with Crippen LogP contribution in [0.1, 0.15) is 16.9 Å². The number of nitriles is 1. The van der Waals surface area contributed by atoms with Gasteiger partial charge in [0.2, 0.25) is 5.91 Å². The first kappa shape index (κ1) is 17.5. The van der Waals surface area contributed by atoms with Gasteiger partial charge in [-0.05, 0) is 52.4 Å². The Kier molecular flexibility index (Phi) is 5.43. The molecule has 25 heavy (non-hydrogen) atoms. The quantitative estimate of drug-likeness (QED) is 0.744. The average molecular weight is 373 g/mol. The third-order valence-corrected chi connectivity index (χ3v) is 5.66. The monoisotopic (exact) mass is 373 g/mol. The third kappa shape index (κ3) is 4.23. The largest absolute Gasteiger partial charge is 0.337 e. The second kappa shape index (κ2) is 7.74. The molecule has 1 amide bonds. The fourth-order valence-electron chi connectivity index (χ4n) is 2.59. The highest BCUT2D eigenvalue weighted by molar-refractivity contribution is 7.17. The molecule has 2 aromatic heterocycles. The van der Waals surface area contributed by atoms with Gasteiger partial charge in [-0.3, -0.25) is 4.79 Å². The molecule has 0 aliphatic carbocycles. The summed E-state index contributed by atoms with van der Waals surface area (Å²) in [6.45, 7) is 1.29. The smallest absolute Gasteiger partial charge is 0.239 e. The van der Waals surface area contributed by atoms with Crippen LogP contribution in [0.5, 0.6) is 0 Å². The highest BCUT2D eigenvalue weighted by Gasteiger charge is 2.28. The lowest BCUT2D eigenvalue weighted by Gasteiger charge is -2.14. The Morgan fingerprint density at radius 2 is 2.16 bits per heavy atom. The first-order valence-corrected chi connectivity index (χ1v) is 9.47. The van der Waals surface area contributed by atoms with Crippen LogP contribution in [0.25, 0.3) is 10.1 Å². The molecule has 1 aromatic carbocycles. The number of rotatable bonds is 2. The van der Waals surface area contributed by atoms with Crippen LogP contribution in [-0.2, 0) is 11.3 Å². The molecule has 3 aromatic rings. The van der Waals surface area contributed by atoms with E-state index in [0.717, 1.165) is 28.6 Å². The van der Waals surface area contributed by atoms with Gasteiger partial charge in [0.15, 0.2) is 0 Å². The van der Waals surface area contributed by atoms with Crippen LogP contribution in [0.2, 0.25) is 0 Å². The van der Waals surface area contributed by atoms with Gasteiger partial charge < -0.3 is 10.6 Å². The summed E-state index contributed by atoms with van der Waals surface area (Å²) in [5.41, 5.74) is 6.63. The van der Waals surface area contributed by atoms with Gasteiger partial charge in [0.1, 0.15) is 16.8 Å². The molecule has 1 fully saturated rings.